The van der Waals surface area contributed by atoms with Crippen LogP contribution in [0.3, 0.4) is 0 Å². The van der Waals surface area contributed by atoms with Gasteiger partial charge in [0.25, 0.3) is 0 Å². The zero-order chi connectivity index (χ0) is 13.1. The van der Waals surface area contributed by atoms with Crippen LogP contribution < -0.4 is 5.32 Å². The number of nitrogens with one attached hydrogen (secondary N) is 1. The quantitative estimate of drug-likeness (QED) is 0.836. The minimum absolute atomic E-state index is 0.259. The Hall–Kier alpha value is -0.0800. The molecule has 110 valence electrons. The van der Waals surface area contributed by atoms with Crippen molar-refractivity contribution in [2.75, 3.05) is 13.2 Å². The van der Waals surface area contributed by atoms with Crippen LogP contribution in [0.1, 0.15) is 71.1 Å². The second-order valence-corrected chi connectivity index (χ2v) is 7.36. The van der Waals surface area contributed by atoms with E-state index in [0.29, 0.717) is 0 Å². The zero-order valence-corrected chi connectivity index (χ0v) is 12.6. The molecule has 0 aromatic rings. The molecule has 0 aromatic carbocycles. The summed E-state index contributed by atoms with van der Waals surface area (Å²) in [5.41, 5.74) is 0.259. The highest BCUT2D eigenvalue weighted by Gasteiger charge is 2.38. The van der Waals surface area contributed by atoms with Gasteiger partial charge in [-0.15, -0.1) is 0 Å². The summed E-state index contributed by atoms with van der Waals surface area (Å²) >= 11 is 0. The molecule has 1 spiro atoms. The molecule has 1 N–H and O–H groups in total. The van der Waals surface area contributed by atoms with E-state index in [2.05, 4.69) is 12.2 Å². The minimum atomic E-state index is 0.259. The Morgan fingerprint density at radius 2 is 1.89 bits per heavy atom. The summed E-state index contributed by atoms with van der Waals surface area (Å²) in [4.78, 5) is 0. The van der Waals surface area contributed by atoms with Crippen molar-refractivity contribution in [3.05, 3.63) is 0 Å². The fourth-order valence-electron chi connectivity index (χ4n) is 4.59. The van der Waals surface area contributed by atoms with E-state index in [1.807, 2.05) is 0 Å². The lowest BCUT2D eigenvalue weighted by Gasteiger charge is -2.44. The highest BCUT2D eigenvalue weighted by Crippen LogP contribution is 2.39. The molecule has 2 saturated carbocycles. The highest BCUT2D eigenvalue weighted by molar-refractivity contribution is 4.92. The Kier molecular flexibility index (Phi) is 4.48. The lowest BCUT2D eigenvalue weighted by Crippen LogP contribution is -2.49. The molecule has 19 heavy (non-hydrogen) atoms. The van der Waals surface area contributed by atoms with Crippen LogP contribution in [0.15, 0.2) is 0 Å². The van der Waals surface area contributed by atoms with Gasteiger partial charge < -0.3 is 10.1 Å². The second-order valence-electron chi connectivity index (χ2n) is 7.36. The minimum Gasteiger partial charge on any atom is -0.375 e. The van der Waals surface area contributed by atoms with Crippen LogP contribution >= 0.6 is 0 Å². The molecule has 1 aliphatic heterocycles. The van der Waals surface area contributed by atoms with E-state index >= 15 is 0 Å². The zero-order valence-electron chi connectivity index (χ0n) is 12.6. The molecule has 0 amide bonds. The molecule has 3 aliphatic rings. The fourth-order valence-corrected chi connectivity index (χ4v) is 4.59. The third-order valence-electron chi connectivity index (χ3n) is 5.97. The van der Waals surface area contributed by atoms with E-state index in [0.717, 1.165) is 24.5 Å². The van der Waals surface area contributed by atoms with Gasteiger partial charge in [0.15, 0.2) is 0 Å². The first kappa shape index (κ1) is 13.9. The van der Waals surface area contributed by atoms with Crippen molar-refractivity contribution in [3.8, 4) is 0 Å². The van der Waals surface area contributed by atoms with E-state index in [9.17, 15) is 0 Å². The smallest absolute Gasteiger partial charge is 0.0697 e. The lowest BCUT2D eigenvalue weighted by molar-refractivity contribution is -0.109. The van der Waals surface area contributed by atoms with Crippen molar-refractivity contribution in [2.45, 2.75) is 82.8 Å². The maximum atomic E-state index is 6.19. The van der Waals surface area contributed by atoms with Crippen LogP contribution in [0.2, 0.25) is 0 Å². The van der Waals surface area contributed by atoms with Crippen molar-refractivity contribution in [3.63, 3.8) is 0 Å². The Morgan fingerprint density at radius 3 is 2.63 bits per heavy atom. The van der Waals surface area contributed by atoms with Crippen LogP contribution in [0.5, 0.6) is 0 Å². The number of ether oxygens (including phenoxy) is 1. The van der Waals surface area contributed by atoms with E-state index in [4.69, 9.17) is 4.74 Å². The van der Waals surface area contributed by atoms with E-state index in [1.54, 1.807) is 0 Å². The normalized spacial score (nSPS) is 38.7. The predicted molar refractivity (Wildman–Crippen MR) is 79.3 cm³/mol. The number of hydrogen-bond acceptors (Lipinski definition) is 2. The molecule has 0 aromatic heterocycles. The summed E-state index contributed by atoms with van der Waals surface area (Å²) in [6.07, 6.45) is 13.6. The molecular formula is C17H31NO. The molecule has 3 fully saturated rings. The summed E-state index contributed by atoms with van der Waals surface area (Å²) in [5.74, 6) is 1.88. The first-order chi connectivity index (χ1) is 9.27. The van der Waals surface area contributed by atoms with Crippen LogP contribution in [0, 0.1) is 11.8 Å². The van der Waals surface area contributed by atoms with Gasteiger partial charge in [-0.3, -0.25) is 0 Å². The third-order valence-corrected chi connectivity index (χ3v) is 5.97. The van der Waals surface area contributed by atoms with Gasteiger partial charge in [0.05, 0.1) is 5.60 Å². The molecule has 2 nitrogen and oxygen atoms in total. The summed E-state index contributed by atoms with van der Waals surface area (Å²) in [6.45, 7) is 4.67. The summed E-state index contributed by atoms with van der Waals surface area (Å²) in [5, 5.41) is 3.89. The number of rotatable bonds is 3. The molecule has 0 radical (unpaired) electrons. The summed E-state index contributed by atoms with van der Waals surface area (Å²) in [6, 6.07) is 0.722. The molecule has 2 heteroatoms. The maximum absolute atomic E-state index is 6.19. The van der Waals surface area contributed by atoms with Crippen LogP contribution in [0.4, 0.5) is 0 Å². The molecule has 3 atom stereocenters. The van der Waals surface area contributed by atoms with Gasteiger partial charge in [0.2, 0.25) is 0 Å². The lowest BCUT2D eigenvalue weighted by atomic mass is 9.78. The fraction of sp³-hybridized carbons (Fsp3) is 1.00. The van der Waals surface area contributed by atoms with Gasteiger partial charge >= 0.3 is 0 Å². The van der Waals surface area contributed by atoms with Crippen molar-refractivity contribution in [1.29, 1.82) is 0 Å². The maximum Gasteiger partial charge on any atom is 0.0697 e. The Labute approximate surface area is 118 Å². The molecule has 1 saturated heterocycles. The van der Waals surface area contributed by atoms with Crippen LogP contribution in [-0.4, -0.2) is 24.8 Å². The van der Waals surface area contributed by atoms with E-state index in [-0.39, 0.29) is 5.60 Å². The van der Waals surface area contributed by atoms with E-state index in [1.165, 1.54) is 70.8 Å². The van der Waals surface area contributed by atoms with Gasteiger partial charge in [-0.2, -0.15) is 0 Å². The average Bonchev–Trinajstić information content (AvgIpc) is 2.83. The van der Waals surface area contributed by atoms with Gasteiger partial charge in [0, 0.05) is 12.6 Å². The van der Waals surface area contributed by atoms with E-state index < -0.39 is 0 Å². The van der Waals surface area contributed by atoms with Crippen LogP contribution in [0.25, 0.3) is 0 Å². The predicted octanol–water partition coefficient (Wildman–Crippen LogP) is 3.89. The summed E-state index contributed by atoms with van der Waals surface area (Å²) < 4.78 is 6.19. The van der Waals surface area contributed by atoms with Gasteiger partial charge in [-0.25, -0.2) is 0 Å². The Balaban J connectivity index is 1.48. The Bertz CT molecular complexity index is 279. The molecule has 3 rings (SSSR count). The second kappa shape index (κ2) is 6.13. The van der Waals surface area contributed by atoms with Gasteiger partial charge in [-0.1, -0.05) is 39.0 Å². The largest absolute Gasteiger partial charge is 0.375 e. The SMILES string of the molecule is CC1CCCC1CNC1CCOC2(CCCCC2)C1. The van der Waals surface area contributed by atoms with Gasteiger partial charge in [-0.05, 0) is 50.5 Å². The topological polar surface area (TPSA) is 21.3 Å². The van der Waals surface area contributed by atoms with Crippen molar-refractivity contribution in [1.82, 2.24) is 5.32 Å². The molecule has 2 aliphatic carbocycles. The number of hydrogen-bond donors (Lipinski definition) is 1. The molecular weight excluding hydrogens is 234 g/mol. The van der Waals surface area contributed by atoms with Crippen molar-refractivity contribution < 1.29 is 4.74 Å². The first-order valence-corrected chi connectivity index (χ1v) is 8.65. The Morgan fingerprint density at radius 1 is 1.05 bits per heavy atom. The third kappa shape index (κ3) is 3.33. The van der Waals surface area contributed by atoms with Crippen molar-refractivity contribution in [2.24, 2.45) is 11.8 Å². The molecule has 3 unspecified atom stereocenters. The monoisotopic (exact) mass is 265 g/mol. The molecule has 1 heterocycles. The molecule has 0 bridgehead atoms. The average molecular weight is 265 g/mol. The standard InChI is InChI=1S/C17H31NO/c1-14-6-5-7-15(14)13-18-16-8-11-19-17(12-16)9-3-2-4-10-17/h14-16,18H,2-13H2,1H3. The summed E-state index contributed by atoms with van der Waals surface area (Å²) in [7, 11) is 0. The van der Waals surface area contributed by atoms with Gasteiger partial charge in [0.1, 0.15) is 0 Å². The van der Waals surface area contributed by atoms with Crippen molar-refractivity contribution >= 4 is 0 Å². The first-order valence-electron chi connectivity index (χ1n) is 8.65. The van der Waals surface area contributed by atoms with Crippen LogP contribution in [-0.2, 0) is 4.74 Å². The highest BCUT2D eigenvalue weighted by atomic mass is 16.5.